The summed E-state index contributed by atoms with van der Waals surface area (Å²) in [6.07, 6.45) is 10.1. The third-order valence-electron chi connectivity index (χ3n) is 4.71. The molecule has 2 heteroatoms. The SMILES string of the molecule is CNCC1(C2CCCC2)CCCCN1C. The summed E-state index contributed by atoms with van der Waals surface area (Å²) < 4.78 is 0. The molecule has 88 valence electrons. The van der Waals surface area contributed by atoms with Gasteiger partial charge in [-0.1, -0.05) is 19.3 Å². The highest BCUT2D eigenvalue weighted by Crippen LogP contribution is 2.42. The molecule has 0 aromatic carbocycles. The molecule has 0 spiro atoms. The van der Waals surface area contributed by atoms with Crippen LogP contribution in [0.2, 0.25) is 0 Å². The van der Waals surface area contributed by atoms with Gasteiger partial charge in [-0.2, -0.15) is 0 Å². The van der Waals surface area contributed by atoms with Crippen molar-refractivity contribution in [2.75, 3.05) is 27.2 Å². The van der Waals surface area contributed by atoms with E-state index in [2.05, 4.69) is 24.3 Å². The number of hydrogen-bond donors (Lipinski definition) is 1. The number of piperidine rings is 1. The zero-order valence-corrected chi connectivity index (χ0v) is 10.4. The lowest BCUT2D eigenvalue weighted by Gasteiger charge is -2.49. The van der Waals surface area contributed by atoms with Crippen LogP contribution in [0.1, 0.15) is 44.9 Å². The van der Waals surface area contributed by atoms with Gasteiger partial charge in [-0.15, -0.1) is 0 Å². The van der Waals surface area contributed by atoms with Crippen molar-refractivity contribution >= 4 is 0 Å². The fourth-order valence-electron chi connectivity index (χ4n) is 3.85. The van der Waals surface area contributed by atoms with E-state index in [0.717, 1.165) is 5.92 Å². The Hall–Kier alpha value is -0.0800. The molecule has 2 rings (SSSR count). The summed E-state index contributed by atoms with van der Waals surface area (Å²) >= 11 is 0. The number of likely N-dealkylation sites (tertiary alicyclic amines) is 1. The van der Waals surface area contributed by atoms with Gasteiger partial charge in [0.15, 0.2) is 0 Å². The van der Waals surface area contributed by atoms with Gasteiger partial charge in [0.05, 0.1) is 0 Å². The third kappa shape index (κ3) is 2.07. The smallest absolute Gasteiger partial charge is 0.0358 e. The van der Waals surface area contributed by atoms with Gasteiger partial charge >= 0.3 is 0 Å². The fourth-order valence-corrected chi connectivity index (χ4v) is 3.85. The van der Waals surface area contributed by atoms with E-state index < -0.39 is 0 Å². The molecule has 1 N–H and O–H groups in total. The molecule has 0 amide bonds. The van der Waals surface area contributed by atoms with Gasteiger partial charge in [0, 0.05) is 12.1 Å². The van der Waals surface area contributed by atoms with Crippen molar-refractivity contribution in [1.82, 2.24) is 10.2 Å². The molecule has 1 aliphatic carbocycles. The highest BCUT2D eigenvalue weighted by molar-refractivity contribution is 5.00. The third-order valence-corrected chi connectivity index (χ3v) is 4.71. The van der Waals surface area contributed by atoms with Crippen LogP contribution in [0.25, 0.3) is 0 Å². The van der Waals surface area contributed by atoms with Crippen LogP contribution >= 0.6 is 0 Å². The van der Waals surface area contributed by atoms with Crippen LogP contribution in [0.15, 0.2) is 0 Å². The highest BCUT2D eigenvalue weighted by atomic mass is 15.2. The second-order valence-electron chi connectivity index (χ2n) is 5.49. The lowest BCUT2D eigenvalue weighted by atomic mass is 9.75. The molecule has 1 saturated heterocycles. The number of hydrogen-bond acceptors (Lipinski definition) is 2. The van der Waals surface area contributed by atoms with E-state index in [1.165, 1.54) is 58.0 Å². The lowest BCUT2D eigenvalue weighted by molar-refractivity contribution is 0.0211. The maximum Gasteiger partial charge on any atom is 0.0358 e. The van der Waals surface area contributed by atoms with Gasteiger partial charge in [-0.25, -0.2) is 0 Å². The second-order valence-corrected chi connectivity index (χ2v) is 5.49. The predicted molar refractivity (Wildman–Crippen MR) is 65.1 cm³/mol. The van der Waals surface area contributed by atoms with Crippen LogP contribution in [0, 0.1) is 5.92 Å². The van der Waals surface area contributed by atoms with Crippen molar-refractivity contribution < 1.29 is 0 Å². The van der Waals surface area contributed by atoms with E-state index in [0.29, 0.717) is 5.54 Å². The Morgan fingerprint density at radius 1 is 1.20 bits per heavy atom. The molecule has 1 unspecified atom stereocenters. The van der Waals surface area contributed by atoms with Crippen LogP contribution < -0.4 is 5.32 Å². The van der Waals surface area contributed by atoms with Crippen molar-refractivity contribution in [3.8, 4) is 0 Å². The Morgan fingerprint density at radius 2 is 1.93 bits per heavy atom. The summed E-state index contributed by atoms with van der Waals surface area (Å²) in [5.74, 6) is 0.954. The molecule has 15 heavy (non-hydrogen) atoms. The van der Waals surface area contributed by atoms with Gasteiger partial charge in [-0.3, -0.25) is 4.90 Å². The first-order chi connectivity index (χ1) is 7.29. The first-order valence-electron chi connectivity index (χ1n) is 6.65. The topological polar surface area (TPSA) is 15.3 Å². The average Bonchev–Trinajstić information content (AvgIpc) is 2.75. The first kappa shape index (κ1) is 11.4. The van der Waals surface area contributed by atoms with Crippen LogP contribution in [0.4, 0.5) is 0 Å². The van der Waals surface area contributed by atoms with Crippen LogP contribution in [0.5, 0.6) is 0 Å². The van der Waals surface area contributed by atoms with Crippen molar-refractivity contribution in [2.45, 2.75) is 50.5 Å². The van der Waals surface area contributed by atoms with Gasteiger partial charge in [0.1, 0.15) is 0 Å². The monoisotopic (exact) mass is 210 g/mol. The van der Waals surface area contributed by atoms with Gasteiger partial charge in [0.2, 0.25) is 0 Å². The summed E-state index contributed by atoms with van der Waals surface area (Å²) in [7, 11) is 4.45. The molecule has 1 saturated carbocycles. The number of nitrogens with one attached hydrogen (secondary N) is 1. The van der Waals surface area contributed by atoms with Crippen molar-refractivity contribution in [1.29, 1.82) is 0 Å². The van der Waals surface area contributed by atoms with Crippen LogP contribution in [0.3, 0.4) is 0 Å². The van der Waals surface area contributed by atoms with Crippen LogP contribution in [-0.4, -0.2) is 37.6 Å². The number of likely N-dealkylation sites (N-methyl/N-ethyl adjacent to an activating group) is 2. The second kappa shape index (κ2) is 4.84. The molecule has 2 nitrogen and oxygen atoms in total. The first-order valence-corrected chi connectivity index (χ1v) is 6.65. The quantitative estimate of drug-likeness (QED) is 0.768. The largest absolute Gasteiger partial charge is 0.318 e. The molecular weight excluding hydrogens is 184 g/mol. The Balaban J connectivity index is 2.12. The Morgan fingerprint density at radius 3 is 2.53 bits per heavy atom. The standard InChI is InChI=1S/C13H26N2/c1-14-11-13(12-7-3-4-8-12)9-5-6-10-15(13)2/h12,14H,3-11H2,1-2H3. The van der Waals surface area contributed by atoms with E-state index in [9.17, 15) is 0 Å². The van der Waals surface area contributed by atoms with E-state index in [-0.39, 0.29) is 0 Å². The summed E-state index contributed by atoms with van der Waals surface area (Å²) in [5.41, 5.74) is 0.490. The predicted octanol–water partition coefficient (Wildman–Crippen LogP) is 2.25. The molecule has 0 aromatic heterocycles. The average molecular weight is 210 g/mol. The minimum atomic E-state index is 0.490. The minimum Gasteiger partial charge on any atom is -0.318 e. The van der Waals surface area contributed by atoms with E-state index in [1.54, 1.807) is 0 Å². The molecule has 2 aliphatic rings. The Bertz CT molecular complexity index is 195. The molecule has 0 radical (unpaired) electrons. The summed E-state index contributed by atoms with van der Waals surface area (Å²) in [6.45, 7) is 2.49. The maximum absolute atomic E-state index is 3.44. The summed E-state index contributed by atoms with van der Waals surface area (Å²) in [5, 5.41) is 3.44. The maximum atomic E-state index is 3.44. The van der Waals surface area contributed by atoms with E-state index >= 15 is 0 Å². The molecule has 0 aromatic rings. The molecule has 1 atom stereocenters. The van der Waals surface area contributed by atoms with E-state index in [1.807, 2.05) is 0 Å². The van der Waals surface area contributed by atoms with Gasteiger partial charge in [0.25, 0.3) is 0 Å². The highest BCUT2D eigenvalue weighted by Gasteiger charge is 2.43. The normalized spacial score (nSPS) is 34.8. The zero-order valence-electron chi connectivity index (χ0n) is 10.4. The van der Waals surface area contributed by atoms with Gasteiger partial charge < -0.3 is 5.32 Å². The van der Waals surface area contributed by atoms with Crippen molar-refractivity contribution in [2.24, 2.45) is 5.92 Å². The molecular formula is C13H26N2. The van der Waals surface area contributed by atoms with Gasteiger partial charge in [-0.05, 0) is 52.2 Å². The number of rotatable bonds is 3. The van der Waals surface area contributed by atoms with Crippen molar-refractivity contribution in [3.05, 3.63) is 0 Å². The molecule has 2 fully saturated rings. The lowest BCUT2D eigenvalue weighted by Crippen LogP contribution is -2.59. The molecule has 0 bridgehead atoms. The Kier molecular flexibility index (Phi) is 3.68. The van der Waals surface area contributed by atoms with Crippen molar-refractivity contribution in [3.63, 3.8) is 0 Å². The zero-order chi connectivity index (χ0) is 10.7. The summed E-state index contributed by atoms with van der Waals surface area (Å²) in [6, 6.07) is 0. The Labute approximate surface area is 94.4 Å². The fraction of sp³-hybridized carbons (Fsp3) is 1.00. The molecule has 1 aliphatic heterocycles. The summed E-state index contributed by atoms with van der Waals surface area (Å²) in [4.78, 5) is 2.66. The minimum absolute atomic E-state index is 0.490. The van der Waals surface area contributed by atoms with Crippen LogP contribution in [-0.2, 0) is 0 Å². The number of nitrogens with zero attached hydrogens (tertiary/aromatic N) is 1. The van der Waals surface area contributed by atoms with E-state index in [4.69, 9.17) is 0 Å². The molecule has 1 heterocycles.